The van der Waals surface area contributed by atoms with Crippen LogP contribution in [0.2, 0.25) is 0 Å². The quantitative estimate of drug-likeness (QED) is 0.629. The minimum Gasteiger partial charge on any atom is -0.494 e. The molecule has 114 valence electrons. The van der Waals surface area contributed by atoms with E-state index < -0.39 is 0 Å². The van der Waals surface area contributed by atoms with Gasteiger partial charge in [-0.1, -0.05) is 19.1 Å². The van der Waals surface area contributed by atoms with Gasteiger partial charge in [-0.2, -0.15) is 0 Å². The number of rotatable bonds is 4. The summed E-state index contributed by atoms with van der Waals surface area (Å²) in [5, 5.41) is 0. The maximum atomic E-state index is 12.6. The van der Waals surface area contributed by atoms with Gasteiger partial charge in [-0.25, -0.2) is 4.90 Å². The summed E-state index contributed by atoms with van der Waals surface area (Å²) in [5.74, 6) is -0.296. The molecule has 0 spiro atoms. The monoisotopic (exact) mass is 299 g/mol. The van der Waals surface area contributed by atoms with E-state index in [0.29, 0.717) is 12.3 Å². The van der Waals surface area contributed by atoms with E-state index in [1.54, 1.807) is 24.3 Å². The number of ether oxygens (including phenoxy) is 2. The molecule has 0 unspecified atom stereocenters. The minimum atomic E-state index is -0.362. The zero-order valence-electron chi connectivity index (χ0n) is 12.3. The van der Waals surface area contributed by atoms with Crippen LogP contribution in [0.4, 0.5) is 5.69 Å². The van der Waals surface area contributed by atoms with Gasteiger partial charge in [0.25, 0.3) is 0 Å². The number of hydrogen-bond donors (Lipinski definition) is 0. The van der Waals surface area contributed by atoms with Gasteiger partial charge in [-0.3, -0.25) is 9.59 Å². The fraction of sp³-hybridized carbons (Fsp3) is 0.412. The van der Waals surface area contributed by atoms with Crippen molar-refractivity contribution in [3.8, 4) is 5.75 Å². The van der Waals surface area contributed by atoms with E-state index in [9.17, 15) is 9.59 Å². The molecule has 0 aliphatic carbocycles. The molecule has 3 heterocycles. The highest BCUT2D eigenvalue weighted by Gasteiger charge is 2.60. The Labute approximate surface area is 128 Å². The number of hydrogen-bond acceptors (Lipinski definition) is 4. The number of nitrogens with zero attached hydrogens (tertiary/aromatic N) is 1. The Balaban J connectivity index is 1.58. The van der Waals surface area contributed by atoms with Gasteiger partial charge in [0.1, 0.15) is 5.75 Å². The number of imide groups is 1. The summed E-state index contributed by atoms with van der Waals surface area (Å²) in [6.07, 6.45) is 4.22. The van der Waals surface area contributed by atoms with E-state index in [-0.39, 0.29) is 35.9 Å². The van der Waals surface area contributed by atoms with Gasteiger partial charge in [0.05, 0.1) is 36.3 Å². The first kappa shape index (κ1) is 13.5. The predicted molar refractivity (Wildman–Crippen MR) is 79.5 cm³/mol. The molecule has 3 aliphatic rings. The van der Waals surface area contributed by atoms with Crippen LogP contribution < -0.4 is 9.64 Å². The minimum absolute atomic E-state index is 0.158. The topological polar surface area (TPSA) is 55.8 Å². The number of fused-ring (bicyclic) bond motifs is 5. The maximum Gasteiger partial charge on any atom is 0.240 e. The highest BCUT2D eigenvalue weighted by molar-refractivity contribution is 6.23. The molecule has 2 amide bonds. The summed E-state index contributed by atoms with van der Waals surface area (Å²) in [6.45, 7) is 2.69. The lowest BCUT2D eigenvalue weighted by molar-refractivity contribution is -0.124. The largest absolute Gasteiger partial charge is 0.494 e. The fourth-order valence-corrected chi connectivity index (χ4v) is 3.47. The van der Waals surface area contributed by atoms with Gasteiger partial charge < -0.3 is 9.47 Å². The van der Waals surface area contributed by atoms with Gasteiger partial charge >= 0.3 is 0 Å². The third-order valence-corrected chi connectivity index (χ3v) is 4.48. The number of benzene rings is 1. The molecule has 3 aliphatic heterocycles. The zero-order chi connectivity index (χ0) is 15.3. The Morgan fingerprint density at radius 3 is 2.18 bits per heavy atom. The van der Waals surface area contributed by atoms with Gasteiger partial charge in [-0.05, 0) is 30.7 Å². The highest BCUT2D eigenvalue weighted by Crippen LogP contribution is 2.46. The second kappa shape index (κ2) is 4.95. The lowest BCUT2D eigenvalue weighted by Crippen LogP contribution is -2.34. The van der Waals surface area contributed by atoms with Crippen LogP contribution in [-0.2, 0) is 14.3 Å². The summed E-state index contributed by atoms with van der Waals surface area (Å²) in [4.78, 5) is 26.5. The van der Waals surface area contributed by atoms with Crippen LogP contribution in [0.1, 0.15) is 13.3 Å². The number of anilines is 1. The Morgan fingerprint density at radius 1 is 1.05 bits per heavy atom. The average molecular weight is 299 g/mol. The van der Waals surface area contributed by atoms with Crippen molar-refractivity contribution >= 4 is 17.5 Å². The molecule has 2 bridgehead atoms. The van der Waals surface area contributed by atoms with E-state index in [4.69, 9.17) is 9.47 Å². The van der Waals surface area contributed by atoms with Crippen LogP contribution in [0, 0.1) is 11.8 Å². The summed E-state index contributed by atoms with van der Waals surface area (Å²) < 4.78 is 11.2. The first-order valence-electron chi connectivity index (χ1n) is 7.65. The molecule has 4 atom stereocenters. The second-order valence-electron chi connectivity index (χ2n) is 5.86. The van der Waals surface area contributed by atoms with Crippen LogP contribution in [0.25, 0.3) is 0 Å². The molecule has 0 N–H and O–H groups in total. The van der Waals surface area contributed by atoms with Crippen molar-refractivity contribution in [3.63, 3.8) is 0 Å². The Morgan fingerprint density at radius 2 is 1.64 bits per heavy atom. The second-order valence-corrected chi connectivity index (χ2v) is 5.86. The van der Waals surface area contributed by atoms with Crippen LogP contribution in [0.5, 0.6) is 5.75 Å². The molecule has 1 aromatic carbocycles. The maximum absolute atomic E-state index is 12.6. The van der Waals surface area contributed by atoms with Crippen LogP contribution >= 0.6 is 0 Å². The van der Waals surface area contributed by atoms with E-state index in [1.165, 1.54) is 4.90 Å². The number of carbonyl (C=O) groups is 2. The van der Waals surface area contributed by atoms with Crippen molar-refractivity contribution in [1.29, 1.82) is 0 Å². The molecule has 1 aromatic rings. The van der Waals surface area contributed by atoms with E-state index in [2.05, 4.69) is 0 Å². The number of carbonyl (C=O) groups excluding carboxylic acids is 2. The number of amides is 2. The van der Waals surface area contributed by atoms with E-state index in [0.717, 1.165) is 12.2 Å². The zero-order valence-corrected chi connectivity index (χ0v) is 12.3. The van der Waals surface area contributed by atoms with Crippen molar-refractivity contribution in [2.75, 3.05) is 11.5 Å². The Bertz CT molecular complexity index is 621. The van der Waals surface area contributed by atoms with Gasteiger partial charge in [0, 0.05) is 0 Å². The molecule has 5 nitrogen and oxygen atoms in total. The SMILES string of the molecule is CCCOc1ccc(N2C(=O)[C@@H]3[C@@H](C2=O)[C@@H]2C=C[C@@H]3O2)cc1. The van der Waals surface area contributed by atoms with Gasteiger partial charge in [0.15, 0.2) is 0 Å². The molecular weight excluding hydrogens is 282 g/mol. The van der Waals surface area contributed by atoms with Crippen molar-refractivity contribution in [2.24, 2.45) is 11.8 Å². The van der Waals surface area contributed by atoms with E-state index in [1.807, 2.05) is 19.1 Å². The first-order chi connectivity index (χ1) is 10.7. The van der Waals surface area contributed by atoms with Crippen molar-refractivity contribution < 1.29 is 19.1 Å². The van der Waals surface area contributed by atoms with Crippen LogP contribution in [0.15, 0.2) is 36.4 Å². The van der Waals surface area contributed by atoms with Crippen molar-refractivity contribution in [1.82, 2.24) is 0 Å². The fourth-order valence-electron chi connectivity index (χ4n) is 3.47. The molecule has 0 aromatic heterocycles. The summed E-state index contributed by atoms with van der Waals surface area (Å²) in [6, 6.07) is 7.11. The van der Waals surface area contributed by atoms with Gasteiger partial charge in [0.2, 0.25) is 11.8 Å². The molecule has 2 fully saturated rings. The summed E-state index contributed by atoms with van der Waals surface area (Å²) in [7, 11) is 0. The van der Waals surface area contributed by atoms with Crippen LogP contribution in [0.3, 0.4) is 0 Å². The van der Waals surface area contributed by atoms with Crippen molar-refractivity contribution in [3.05, 3.63) is 36.4 Å². The van der Waals surface area contributed by atoms with Gasteiger partial charge in [-0.15, -0.1) is 0 Å². The molecule has 2 saturated heterocycles. The lowest BCUT2D eigenvalue weighted by atomic mass is 9.85. The smallest absolute Gasteiger partial charge is 0.240 e. The normalized spacial score (nSPS) is 32.0. The highest BCUT2D eigenvalue weighted by atomic mass is 16.5. The predicted octanol–water partition coefficient (Wildman–Crippen LogP) is 1.92. The molecule has 0 radical (unpaired) electrons. The summed E-state index contributed by atoms with van der Waals surface area (Å²) >= 11 is 0. The molecule has 5 heteroatoms. The summed E-state index contributed by atoms with van der Waals surface area (Å²) in [5.41, 5.74) is 0.604. The molecule has 4 rings (SSSR count). The lowest BCUT2D eigenvalue weighted by Gasteiger charge is -2.18. The Hall–Kier alpha value is -2.14. The first-order valence-corrected chi connectivity index (χ1v) is 7.65. The molecular formula is C17H17NO4. The third kappa shape index (κ3) is 1.82. The average Bonchev–Trinajstić information content (AvgIpc) is 3.20. The standard InChI is InChI=1S/C17H17NO4/c1-2-9-21-11-5-3-10(4-6-11)18-16(19)14-12-7-8-13(22-12)15(14)17(18)20/h3-8,12-15H,2,9H2,1H3/t12-,13-,14-,15-/m0/s1. The third-order valence-electron chi connectivity index (χ3n) is 4.48. The Kier molecular flexibility index (Phi) is 3.04. The van der Waals surface area contributed by atoms with Crippen molar-refractivity contribution in [2.45, 2.75) is 25.6 Å². The molecule has 0 saturated carbocycles. The molecule has 22 heavy (non-hydrogen) atoms. The van der Waals surface area contributed by atoms with E-state index >= 15 is 0 Å². The van der Waals surface area contributed by atoms with Crippen LogP contribution in [-0.4, -0.2) is 30.6 Å².